The summed E-state index contributed by atoms with van der Waals surface area (Å²) in [6.07, 6.45) is 6.01. The van der Waals surface area contributed by atoms with Crippen molar-refractivity contribution in [2.75, 3.05) is 32.7 Å². The zero-order valence-corrected chi connectivity index (χ0v) is 17.3. The number of amides is 1. The number of para-hydroxylation sites is 1. The Balaban J connectivity index is 1.43. The fraction of sp³-hybridized carbons (Fsp3) is 0.280. The molecule has 0 saturated carbocycles. The fourth-order valence-electron chi connectivity index (χ4n) is 3.97. The molecular weight excluding hydrogens is 374 g/mol. The van der Waals surface area contributed by atoms with Crippen LogP contribution in [-0.4, -0.2) is 53.0 Å². The standard InChI is InChI=1S/C25H27N3O2/c1-2-27-19-22(24(29)21-12-6-7-13-23(21)27)25(30)28-17-15-26(16-18-28)14-8-11-20-9-4-3-5-10-20/h3-13,19H,2,14-18H2,1H3/b11-8+. The van der Waals surface area contributed by atoms with E-state index in [4.69, 9.17) is 0 Å². The number of carbonyl (C=O) groups is 1. The summed E-state index contributed by atoms with van der Waals surface area (Å²) in [5.74, 6) is -0.160. The van der Waals surface area contributed by atoms with Crippen molar-refractivity contribution < 1.29 is 4.79 Å². The van der Waals surface area contributed by atoms with Crippen LogP contribution in [-0.2, 0) is 6.54 Å². The normalized spacial score (nSPS) is 15.2. The Morgan fingerprint density at radius 3 is 2.40 bits per heavy atom. The molecule has 0 bridgehead atoms. The number of aromatic nitrogens is 1. The Hall–Kier alpha value is -3.18. The van der Waals surface area contributed by atoms with E-state index in [2.05, 4.69) is 29.2 Å². The Kier molecular flexibility index (Phi) is 6.10. The van der Waals surface area contributed by atoms with Gasteiger partial charge in [-0.25, -0.2) is 0 Å². The van der Waals surface area contributed by atoms with E-state index in [0.717, 1.165) is 25.2 Å². The highest BCUT2D eigenvalue weighted by atomic mass is 16.2. The summed E-state index contributed by atoms with van der Waals surface area (Å²) in [4.78, 5) is 30.2. The van der Waals surface area contributed by atoms with Gasteiger partial charge in [0.1, 0.15) is 5.56 Å². The van der Waals surface area contributed by atoms with E-state index in [1.807, 2.05) is 52.8 Å². The van der Waals surface area contributed by atoms with Gasteiger partial charge in [-0.15, -0.1) is 0 Å². The first-order valence-electron chi connectivity index (χ1n) is 10.5. The number of hydrogen-bond donors (Lipinski definition) is 0. The smallest absolute Gasteiger partial charge is 0.259 e. The molecule has 30 heavy (non-hydrogen) atoms. The Bertz CT molecular complexity index is 1110. The van der Waals surface area contributed by atoms with Crippen LogP contribution in [0.2, 0.25) is 0 Å². The van der Waals surface area contributed by atoms with Gasteiger partial charge < -0.3 is 9.47 Å². The van der Waals surface area contributed by atoms with Crippen LogP contribution >= 0.6 is 0 Å². The number of piperazine rings is 1. The van der Waals surface area contributed by atoms with Crippen molar-refractivity contribution in [3.8, 4) is 0 Å². The number of hydrogen-bond acceptors (Lipinski definition) is 3. The second-order valence-corrected chi connectivity index (χ2v) is 7.58. The molecule has 1 fully saturated rings. The lowest BCUT2D eigenvalue weighted by atomic mass is 10.1. The molecule has 4 rings (SSSR count). The molecule has 3 aromatic rings. The van der Waals surface area contributed by atoms with Gasteiger partial charge in [0.2, 0.25) is 5.43 Å². The molecule has 1 amide bonds. The van der Waals surface area contributed by atoms with E-state index in [1.54, 1.807) is 12.3 Å². The van der Waals surface area contributed by atoms with Crippen LogP contribution in [0.3, 0.4) is 0 Å². The largest absolute Gasteiger partial charge is 0.347 e. The summed E-state index contributed by atoms with van der Waals surface area (Å²) in [6.45, 7) is 6.47. The highest BCUT2D eigenvalue weighted by molar-refractivity contribution is 5.97. The van der Waals surface area contributed by atoms with Crippen LogP contribution in [0.15, 0.2) is 71.7 Å². The average molecular weight is 402 g/mol. The first kappa shape index (κ1) is 20.1. The number of rotatable bonds is 5. The molecule has 5 heteroatoms. The number of carbonyl (C=O) groups excluding carboxylic acids is 1. The van der Waals surface area contributed by atoms with Crippen molar-refractivity contribution in [3.05, 3.63) is 88.2 Å². The monoisotopic (exact) mass is 401 g/mol. The third-order valence-corrected chi connectivity index (χ3v) is 5.69. The van der Waals surface area contributed by atoms with Crippen LogP contribution in [0, 0.1) is 0 Å². The minimum Gasteiger partial charge on any atom is -0.347 e. The quantitative estimate of drug-likeness (QED) is 0.657. The van der Waals surface area contributed by atoms with Gasteiger partial charge in [0.25, 0.3) is 5.91 Å². The summed E-state index contributed by atoms with van der Waals surface area (Å²) in [7, 11) is 0. The van der Waals surface area contributed by atoms with Crippen LogP contribution in [0.1, 0.15) is 22.8 Å². The van der Waals surface area contributed by atoms with Crippen molar-refractivity contribution in [2.45, 2.75) is 13.5 Å². The lowest BCUT2D eigenvalue weighted by molar-refractivity contribution is 0.0648. The number of pyridine rings is 1. The van der Waals surface area contributed by atoms with Crippen LogP contribution in [0.5, 0.6) is 0 Å². The van der Waals surface area contributed by atoms with E-state index in [0.29, 0.717) is 25.0 Å². The van der Waals surface area contributed by atoms with Gasteiger partial charge in [0, 0.05) is 50.9 Å². The average Bonchev–Trinajstić information content (AvgIpc) is 2.80. The summed E-state index contributed by atoms with van der Waals surface area (Å²) in [5, 5.41) is 0.606. The van der Waals surface area contributed by atoms with E-state index in [-0.39, 0.29) is 16.9 Å². The predicted octanol–water partition coefficient (Wildman–Crippen LogP) is 3.49. The van der Waals surface area contributed by atoms with Gasteiger partial charge in [0.05, 0.1) is 5.52 Å². The molecule has 0 atom stereocenters. The fourth-order valence-corrected chi connectivity index (χ4v) is 3.97. The molecular formula is C25H27N3O2. The molecule has 5 nitrogen and oxygen atoms in total. The zero-order valence-electron chi connectivity index (χ0n) is 17.3. The molecule has 0 radical (unpaired) electrons. The van der Waals surface area contributed by atoms with Gasteiger partial charge in [-0.1, -0.05) is 54.6 Å². The minimum atomic E-state index is -0.173. The highest BCUT2D eigenvalue weighted by Crippen LogP contribution is 2.14. The first-order chi connectivity index (χ1) is 14.7. The highest BCUT2D eigenvalue weighted by Gasteiger charge is 2.24. The third kappa shape index (κ3) is 4.21. The number of fused-ring (bicyclic) bond motifs is 1. The molecule has 2 heterocycles. The number of aryl methyl sites for hydroxylation is 1. The van der Waals surface area contributed by atoms with Crippen molar-refractivity contribution >= 4 is 22.9 Å². The maximum absolute atomic E-state index is 13.1. The summed E-state index contributed by atoms with van der Waals surface area (Å²) in [5.41, 5.74) is 2.16. The van der Waals surface area contributed by atoms with Crippen molar-refractivity contribution in [3.63, 3.8) is 0 Å². The van der Waals surface area contributed by atoms with Gasteiger partial charge >= 0.3 is 0 Å². The maximum atomic E-state index is 13.1. The lowest BCUT2D eigenvalue weighted by Crippen LogP contribution is -2.49. The summed E-state index contributed by atoms with van der Waals surface area (Å²) < 4.78 is 1.98. The topological polar surface area (TPSA) is 45.6 Å². The molecule has 0 spiro atoms. The Morgan fingerprint density at radius 1 is 0.967 bits per heavy atom. The molecule has 1 aliphatic rings. The summed E-state index contributed by atoms with van der Waals surface area (Å²) in [6, 6.07) is 17.7. The van der Waals surface area contributed by atoms with Crippen molar-refractivity contribution in [1.82, 2.24) is 14.4 Å². The van der Waals surface area contributed by atoms with Crippen molar-refractivity contribution in [1.29, 1.82) is 0 Å². The Labute approximate surface area is 176 Å². The molecule has 154 valence electrons. The zero-order chi connectivity index (χ0) is 20.9. The van der Waals surface area contributed by atoms with E-state index >= 15 is 0 Å². The lowest BCUT2D eigenvalue weighted by Gasteiger charge is -2.34. The predicted molar refractivity (Wildman–Crippen MR) is 122 cm³/mol. The first-order valence-corrected chi connectivity index (χ1v) is 10.5. The maximum Gasteiger partial charge on any atom is 0.259 e. The Morgan fingerprint density at radius 2 is 1.67 bits per heavy atom. The SMILES string of the molecule is CCn1cc(C(=O)N2CCN(C/C=C/c3ccccc3)CC2)c(=O)c2ccccc21. The summed E-state index contributed by atoms with van der Waals surface area (Å²) >= 11 is 0. The van der Waals surface area contributed by atoms with Gasteiger partial charge in [-0.3, -0.25) is 14.5 Å². The van der Waals surface area contributed by atoms with E-state index < -0.39 is 0 Å². The van der Waals surface area contributed by atoms with E-state index in [9.17, 15) is 9.59 Å². The van der Waals surface area contributed by atoms with Crippen LogP contribution < -0.4 is 5.43 Å². The second kappa shape index (κ2) is 9.09. The second-order valence-electron chi connectivity index (χ2n) is 7.58. The minimum absolute atomic E-state index is 0.160. The molecule has 0 unspecified atom stereocenters. The van der Waals surface area contributed by atoms with Crippen LogP contribution in [0.25, 0.3) is 17.0 Å². The molecule has 0 aliphatic carbocycles. The molecule has 2 aromatic carbocycles. The van der Waals surface area contributed by atoms with Gasteiger partial charge in [0.15, 0.2) is 0 Å². The van der Waals surface area contributed by atoms with Crippen molar-refractivity contribution in [2.24, 2.45) is 0 Å². The molecule has 0 N–H and O–H groups in total. The number of nitrogens with zero attached hydrogens (tertiary/aromatic N) is 3. The number of benzene rings is 2. The third-order valence-electron chi connectivity index (χ3n) is 5.69. The van der Waals surface area contributed by atoms with Gasteiger partial charge in [-0.2, -0.15) is 0 Å². The van der Waals surface area contributed by atoms with E-state index in [1.165, 1.54) is 5.56 Å². The van der Waals surface area contributed by atoms with Gasteiger partial charge in [-0.05, 0) is 24.6 Å². The van der Waals surface area contributed by atoms with Crippen LogP contribution in [0.4, 0.5) is 0 Å². The molecule has 1 aliphatic heterocycles. The molecule has 1 aromatic heterocycles. The molecule has 1 saturated heterocycles.